The smallest absolute Gasteiger partial charge is 0.247 e. The van der Waals surface area contributed by atoms with E-state index in [1.54, 1.807) is 41.8 Å². The molecule has 0 unspecified atom stereocenters. The second-order valence-electron chi connectivity index (χ2n) is 6.18. The fourth-order valence-electron chi connectivity index (χ4n) is 3.28. The predicted octanol–water partition coefficient (Wildman–Crippen LogP) is 2.27. The first-order chi connectivity index (χ1) is 11.7. The van der Waals surface area contributed by atoms with E-state index in [1.807, 2.05) is 0 Å². The molecule has 1 amide bonds. The van der Waals surface area contributed by atoms with Gasteiger partial charge in [-0.05, 0) is 31.2 Å². The van der Waals surface area contributed by atoms with Crippen LogP contribution >= 0.6 is 0 Å². The quantitative estimate of drug-likeness (QED) is 0.928. The van der Waals surface area contributed by atoms with Crippen molar-refractivity contribution in [1.82, 2.24) is 15.0 Å². The van der Waals surface area contributed by atoms with Crippen molar-refractivity contribution in [3.63, 3.8) is 0 Å². The predicted molar refractivity (Wildman–Crippen MR) is 87.3 cm³/mol. The van der Waals surface area contributed by atoms with Gasteiger partial charge in [-0.2, -0.15) is 5.26 Å². The number of hydrogen-bond donors (Lipinski definition) is 1. The number of nitriles is 1. The summed E-state index contributed by atoms with van der Waals surface area (Å²) in [6, 6.07) is 5.89. The number of aromatic nitrogens is 3. The molecular weight excluding hydrogens is 304 g/mol. The number of carbonyl (C=O) groups excluding carboxylic acids is 1. The van der Waals surface area contributed by atoms with Gasteiger partial charge in [0.1, 0.15) is 17.1 Å². The summed E-state index contributed by atoms with van der Waals surface area (Å²) in [5.41, 5.74) is -0.0824. The van der Waals surface area contributed by atoms with Crippen LogP contribution in [0.25, 0.3) is 0 Å². The number of pyridine rings is 1. The minimum absolute atomic E-state index is 0.0795. The van der Waals surface area contributed by atoms with Crippen molar-refractivity contribution in [1.29, 1.82) is 5.26 Å². The lowest BCUT2D eigenvalue weighted by molar-refractivity contribution is -0.123. The Bertz CT molecular complexity index is 813. The molecule has 7 heteroatoms. The van der Waals surface area contributed by atoms with Gasteiger partial charge >= 0.3 is 0 Å². The highest BCUT2D eigenvalue weighted by atomic mass is 16.2. The fraction of sp³-hybridized carbons (Fsp3) is 0.353. The standard InChI is InChI=1S/C17H16N6O/c18-11-17(12-1-2-12)4-8-23(16(17)24)13-3-5-20-14(9-13)22-15-10-19-6-7-21-15/h3,5-7,9-10,12H,1-2,4,8H2,(H,20,21,22)/t17-/m1/s1. The Morgan fingerprint density at radius 3 is 2.79 bits per heavy atom. The Morgan fingerprint density at radius 2 is 2.08 bits per heavy atom. The molecule has 2 aromatic heterocycles. The number of carbonyl (C=O) groups is 1. The molecule has 2 aliphatic rings. The number of nitrogens with zero attached hydrogens (tertiary/aromatic N) is 5. The average Bonchev–Trinajstić information content (AvgIpc) is 3.41. The third-order valence-electron chi connectivity index (χ3n) is 4.70. The maximum atomic E-state index is 12.9. The van der Waals surface area contributed by atoms with Gasteiger partial charge in [0.25, 0.3) is 0 Å². The van der Waals surface area contributed by atoms with Crippen LogP contribution in [0.5, 0.6) is 0 Å². The first-order valence-electron chi connectivity index (χ1n) is 7.95. The van der Waals surface area contributed by atoms with Crippen LogP contribution in [0.4, 0.5) is 17.3 Å². The summed E-state index contributed by atoms with van der Waals surface area (Å²) in [6.45, 7) is 0.567. The Balaban J connectivity index is 1.58. The minimum Gasteiger partial charge on any atom is -0.324 e. The topological polar surface area (TPSA) is 94.8 Å². The molecule has 0 bridgehead atoms. The molecule has 1 N–H and O–H groups in total. The summed E-state index contributed by atoms with van der Waals surface area (Å²) in [7, 11) is 0. The van der Waals surface area contributed by atoms with E-state index in [4.69, 9.17) is 0 Å². The van der Waals surface area contributed by atoms with Crippen molar-refractivity contribution < 1.29 is 4.79 Å². The normalized spacial score (nSPS) is 23.1. The van der Waals surface area contributed by atoms with Crippen molar-refractivity contribution in [2.45, 2.75) is 19.3 Å². The first-order valence-corrected chi connectivity index (χ1v) is 7.95. The number of anilines is 3. The van der Waals surface area contributed by atoms with Gasteiger partial charge in [-0.3, -0.25) is 9.78 Å². The average molecular weight is 320 g/mol. The van der Waals surface area contributed by atoms with Crippen molar-refractivity contribution in [2.75, 3.05) is 16.8 Å². The van der Waals surface area contributed by atoms with E-state index in [0.717, 1.165) is 18.5 Å². The molecule has 0 spiro atoms. The zero-order valence-corrected chi connectivity index (χ0v) is 13.0. The van der Waals surface area contributed by atoms with E-state index in [0.29, 0.717) is 24.6 Å². The van der Waals surface area contributed by atoms with Gasteiger partial charge in [-0.25, -0.2) is 9.97 Å². The molecule has 1 aliphatic carbocycles. The highest BCUT2D eigenvalue weighted by Gasteiger charge is 2.56. The van der Waals surface area contributed by atoms with Gasteiger partial charge in [0.2, 0.25) is 5.91 Å². The van der Waals surface area contributed by atoms with Crippen LogP contribution in [0, 0.1) is 22.7 Å². The summed E-state index contributed by atoms with van der Waals surface area (Å²) >= 11 is 0. The summed E-state index contributed by atoms with van der Waals surface area (Å²) < 4.78 is 0. The van der Waals surface area contributed by atoms with Crippen LogP contribution in [0.3, 0.4) is 0 Å². The van der Waals surface area contributed by atoms with Crippen molar-refractivity contribution in [2.24, 2.45) is 11.3 Å². The van der Waals surface area contributed by atoms with Gasteiger partial charge < -0.3 is 10.2 Å². The van der Waals surface area contributed by atoms with Crippen LogP contribution in [-0.2, 0) is 4.79 Å². The van der Waals surface area contributed by atoms with E-state index in [2.05, 4.69) is 26.3 Å². The van der Waals surface area contributed by atoms with E-state index < -0.39 is 5.41 Å². The van der Waals surface area contributed by atoms with Gasteiger partial charge in [-0.1, -0.05) is 0 Å². The molecule has 24 heavy (non-hydrogen) atoms. The van der Waals surface area contributed by atoms with Gasteiger partial charge in [-0.15, -0.1) is 0 Å². The number of amides is 1. The fourth-order valence-corrected chi connectivity index (χ4v) is 3.28. The first kappa shape index (κ1) is 14.6. The molecule has 1 saturated heterocycles. The Labute approximate surface area is 139 Å². The molecule has 0 radical (unpaired) electrons. The molecule has 3 heterocycles. The van der Waals surface area contributed by atoms with Crippen LogP contribution < -0.4 is 10.2 Å². The molecular formula is C17H16N6O. The van der Waals surface area contributed by atoms with E-state index >= 15 is 0 Å². The number of rotatable bonds is 4. The lowest BCUT2D eigenvalue weighted by atomic mass is 9.83. The maximum Gasteiger partial charge on any atom is 0.247 e. The van der Waals surface area contributed by atoms with Crippen LogP contribution in [0.1, 0.15) is 19.3 Å². The Hall–Kier alpha value is -3.01. The second-order valence-corrected chi connectivity index (χ2v) is 6.18. The van der Waals surface area contributed by atoms with Crippen LogP contribution in [0.15, 0.2) is 36.9 Å². The summed E-state index contributed by atoms with van der Waals surface area (Å²) in [4.78, 5) is 26.9. The summed E-state index contributed by atoms with van der Waals surface area (Å²) in [5, 5.41) is 12.6. The zero-order chi connectivity index (χ0) is 16.6. The van der Waals surface area contributed by atoms with Crippen molar-refractivity contribution in [3.8, 4) is 6.07 Å². The summed E-state index contributed by atoms with van der Waals surface area (Å²) in [5.74, 6) is 1.31. The van der Waals surface area contributed by atoms with Crippen molar-refractivity contribution in [3.05, 3.63) is 36.9 Å². The highest BCUT2D eigenvalue weighted by molar-refractivity contribution is 6.02. The molecule has 120 valence electrons. The van der Waals surface area contributed by atoms with E-state index in [-0.39, 0.29) is 11.8 Å². The van der Waals surface area contributed by atoms with Crippen molar-refractivity contribution >= 4 is 23.2 Å². The molecule has 2 fully saturated rings. The minimum atomic E-state index is -0.832. The third kappa shape index (κ3) is 2.36. The highest BCUT2D eigenvalue weighted by Crippen LogP contribution is 2.51. The molecule has 7 nitrogen and oxygen atoms in total. The second kappa shape index (κ2) is 5.57. The lowest BCUT2D eigenvalue weighted by Crippen LogP contribution is -2.35. The Kier molecular flexibility index (Phi) is 3.38. The van der Waals surface area contributed by atoms with Crippen LogP contribution in [-0.4, -0.2) is 27.4 Å². The lowest BCUT2D eigenvalue weighted by Gasteiger charge is -2.21. The van der Waals surface area contributed by atoms with Gasteiger partial charge in [0, 0.05) is 36.9 Å². The Morgan fingerprint density at radius 1 is 1.25 bits per heavy atom. The molecule has 0 aromatic carbocycles. The maximum absolute atomic E-state index is 12.9. The molecule has 4 rings (SSSR count). The third-order valence-corrected chi connectivity index (χ3v) is 4.70. The summed E-state index contributed by atoms with van der Waals surface area (Å²) in [6.07, 6.45) is 8.98. The van der Waals surface area contributed by atoms with E-state index in [9.17, 15) is 10.1 Å². The van der Waals surface area contributed by atoms with Gasteiger partial charge in [0.05, 0.1) is 12.3 Å². The largest absolute Gasteiger partial charge is 0.324 e. The molecule has 2 aromatic rings. The molecule has 1 aliphatic heterocycles. The zero-order valence-electron chi connectivity index (χ0n) is 13.0. The SMILES string of the molecule is N#C[C@@]1(C2CC2)CCN(c2ccnc(Nc3cnccn3)c2)C1=O. The van der Waals surface area contributed by atoms with Gasteiger partial charge in [0.15, 0.2) is 0 Å². The molecule has 1 saturated carbocycles. The molecule has 1 atom stereocenters. The van der Waals surface area contributed by atoms with E-state index in [1.165, 1.54) is 0 Å². The number of hydrogen-bond acceptors (Lipinski definition) is 6. The monoisotopic (exact) mass is 320 g/mol. The number of nitrogens with one attached hydrogen (secondary N) is 1. The van der Waals surface area contributed by atoms with Crippen LogP contribution in [0.2, 0.25) is 0 Å².